The first-order chi connectivity index (χ1) is 42.7. The van der Waals surface area contributed by atoms with Gasteiger partial charge in [-0.3, -0.25) is 62.6 Å². The van der Waals surface area contributed by atoms with Gasteiger partial charge < -0.3 is 78.5 Å². The standard InChI is InChI=1S/C60H87N13O17/c1-8-33(4)49(69-52(81)41(23-25-46(76)77)66-51(80)40(20-13-27-63-59(61)62)67-60(88)90-31-39-37-18-11-9-16-35(37)36-17-10-12-19-38(36)39)55(84)64-30-45(75)65-42(24-26-47(78)79)56(85)72-28-14-21-43(72)54(83)70-50(34(5)74)58(87)73-29-15-22-44(73)53(82)68-48(32(2)3)57(86)71(6)89-7/h9-12,16-19,32-34,39-44,48-50,74H,8,13-15,20-31H2,1-7H3,(H,64,84)(H,65,75)(H,66,80)(H,67,88)(H,68,82)(H,69,81)(H,70,83)(H,76,77)(H,78,79)(H4,61,62,63)/t33-,34+,40-,41-,42-,43-,44-,48-,49-,50-/m0/s1. The molecule has 0 unspecified atom stereocenters. The summed E-state index contributed by atoms with van der Waals surface area (Å²) >= 11 is 0. The molecule has 30 nitrogen and oxygen atoms in total. The molecule has 2 saturated heterocycles. The molecule has 0 aromatic heterocycles. The monoisotopic (exact) mass is 1260 g/mol. The van der Waals surface area contributed by atoms with E-state index in [2.05, 4.69) is 42.2 Å². The molecule has 10 amide bonds. The predicted molar refractivity (Wildman–Crippen MR) is 324 cm³/mol. The van der Waals surface area contributed by atoms with Crippen molar-refractivity contribution < 1.29 is 82.4 Å². The van der Waals surface area contributed by atoms with Crippen LogP contribution in [0.15, 0.2) is 53.5 Å². The number of carbonyl (C=O) groups is 12. The van der Waals surface area contributed by atoms with Gasteiger partial charge >= 0.3 is 18.0 Å². The Bertz CT molecular complexity index is 2910. The average Bonchev–Trinajstić information content (AvgIpc) is 1.64. The number of guanidine groups is 1. The number of rotatable bonds is 33. The number of nitrogens with zero attached hydrogens (tertiary/aromatic N) is 4. The summed E-state index contributed by atoms with van der Waals surface area (Å²) < 4.78 is 5.69. The SMILES string of the molecule is CC[C@H](C)[C@H](NC(=O)[C@H](CCC(=O)O)NC(=O)[C@H](CCCN=C(N)N)NC(=O)OCC1c2ccccc2-c2ccccc21)C(=O)NCC(=O)N[C@@H](CCC(=O)O)C(=O)N1CCC[C@H]1C(=O)N[C@H](C(=O)N1CCC[C@H]1C(=O)N[C@H](C(=O)N(C)OC)C(C)C)[C@@H](C)O. The molecule has 0 spiro atoms. The number of ether oxygens (including phenoxy) is 1. The topological polar surface area (TPSA) is 442 Å². The molecule has 90 heavy (non-hydrogen) atoms. The first-order valence-electron chi connectivity index (χ1n) is 30.2. The van der Waals surface area contributed by atoms with E-state index < -0.39 is 164 Å². The molecule has 14 N–H and O–H groups in total. The number of hydroxylamine groups is 2. The van der Waals surface area contributed by atoms with Crippen LogP contribution in [0.2, 0.25) is 0 Å². The number of benzene rings is 2. The van der Waals surface area contributed by atoms with Crippen molar-refractivity contribution in [1.29, 1.82) is 0 Å². The highest BCUT2D eigenvalue weighted by molar-refractivity contribution is 5.99. The van der Waals surface area contributed by atoms with Gasteiger partial charge in [-0.25, -0.2) is 9.86 Å². The third-order valence-corrected chi connectivity index (χ3v) is 16.2. The van der Waals surface area contributed by atoms with E-state index in [4.69, 9.17) is 21.0 Å². The van der Waals surface area contributed by atoms with Gasteiger partial charge in [-0.05, 0) is 92.4 Å². The number of aliphatic hydroxyl groups excluding tert-OH is 1. The number of nitrogens with one attached hydrogen (secondary N) is 7. The zero-order valence-corrected chi connectivity index (χ0v) is 51.9. The summed E-state index contributed by atoms with van der Waals surface area (Å²) in [6.45, 7) is 7.15. The minimum Gasteiger partial charge on any atom is -0.481 e. The second-order valence-electron chi connectivity index (χ2n) is 23.0. The number of nitrogens with two attached hydrogens (primary N) is 2. The number of aliphatic imine (C=N–C) groups is 1. The van der Waals surface area contributed by atoms with Crippen LogP contribution in [0.25, 0.3) is 11.1 Å². The van der Waals surface area contributed by atoms with Crippen molar-refractivity contribution in [2.45, 2.75) is 166 Å². The van der Waals surface area contributed by atoms with Crippen LogP contribution in [-0.2, 0) is 62.3 Å². The van der Waals surface area contributed by atoms with E-state index in [1.165, 1.54) is 26.0 Å². The van der Waals surface area contributed by atoms with Gasteiger partial charge in [-0.1, -0.05) is 82.6 Å². The lowest BCUT2D eigenvalue weighted by atomic mass is 9.97. The number of aliphatic carboxylic acids is 2. The minimum absolute atomic E-state index is 0.0396. The molecule has 2 aromatic carbocycles. The molecule has 30 heteroatoms. The number of hydrogen-bond donors (Lipinski definition) is 12. The molecular formula is C60H87N13O17. The van der Waals surface area contributed by atoms with Gasteiger partial charge in [-0.15, -0.1) is 0 Å². The second-order valence-corrected chi connectivity index (χ2v) is 23.0. The number of likely N-dealkylation sites (tertiary alicyclic amines) is 2. The molecule has 1 aliphatic carbocycles. The van der Waals surface area contributed by atoms with E-state index in [1.807, 2.05) is 48.5 Å². The Morgan fingerprint density at radius 2 is 1.19 bits per heavy atom. The quantitative estimate of drug-likeness (QED) is 0.0182. The molecule has 2 fully saturated rings. The average molecular weight is 1260 g/mol. The summed E-state index contributed by atoms with van der Waals surface area (Å²) in [6, 6.07) is 4.45. The lowest BCUT2D eigenvalue weighted by molar-refractivity contribution is -0.173. The lowest BCUT2D eigenvalue weighted by Crippen LogP contribution is -2.61. The molecule has 0 bridgehead atoms. The highest BCUT2D eigenvalue weighted by Gasteiger charge is 2.44. The number of carboxylic acids is 2. The van der Waals surface area contributed by atoms with Crippen molar-refractivity contribution in [3.8, 4) is 11.1 Å². The number of carbonyl (C=O) groups excluding carboxylic acids is 10. The highest BCUT2D eigenvalue weighted by atomic mass is 16.7. The molecule has 0 radical (unpaired) electrons. The number of carboxylic acid groups (broad SMARTS) is 2. The third kappa shape index (κ3) is 19.8. The van der Waals surface area contributed by atoms with E-state index in [-0.39, 0.29) is 82.6 Å². The van der Waals surface area contributed by atoms with E-state index in [0.717, 1.165) is 32.2 Å². The predicted octanol–water partition coefficient (Wildman–Crippen LogP) is -0.698. The van der Waals surface area contributed by atoms with Gasteiger partial charge in [0.2, 0.25) is 47.3 Å². The Hall–Kier alpha value is -8.93. The normalized spacial score (nSPS) is 17.7. The molecule has 2 aromatic rings. The largest absolute Gasteiger partial charge is 0.481 e. The van der Waals surface area contributed by atoms with E-state index in [9.17, 15) is 72.9 Å². The van der Waals surface area contributed by atoms with Crippen LogP contribution in [0.4, 0.5) is 4.79 Å². The molecule has 494 valence electrons. The maximum Gasteiger partial charge on any atom is 0.407 e. The molecule has 2 heterocycles. The molecule has 10 atom stereocenters. The maximum atomic E-state index is 14.3. The number of likely N-dealkylation sites (N-methyl/N-ethyl adjacent to an activating group) is 1. The molecule has 0 saturated carbocycles. The van der Waals surface area contributed by atoms with Crippen LogP contribution >= 0.6 is 0 Å². The van der Waals surface area contributed by atoms with Crippen molar-refractivity contribution in [2.75, 3.05) is 46.9 Å². The van der Waals surface area contributed by atoms with Crippen LogP contribution in [0.1, 0.15) is 122 Å². The van der Waals surface area contributed by atoms with Gasteiger partial charge in [0.05, 0.1) is 19.8 Å². The number of hydrogen-bond acceptors (Lipinski definition) is 16. The number of aliphatic hydroxyl groups is 1. The highest BCUT2D eigenvalue weighted by Crippen LogP contribution is 2.44. The summed E-state index contributed by atoms with van der Waals surface area (Å²) in [5, 5.41) is 48.8. The summed E-state index contributed by atoms with van der Waals surface area (Å²) in [5.41, 5.74) is 14.8. The van der Waals surface area contributed by atoms with Crippen molar-refractivity contribution in [2.24, 2.45) is 28.3 Å². The fourth-order valence-electron chi connectivity index (χ4n) is 11.0. The molecule has 3 aliphatic rings. The van der Waals surface area contributed by atoms with Gasteiger partial charge in [0.25, 0.3) is 5.91 Å². The summed E-state index contributed by atoms with van der Waals surface area (Å²) in [6.07, 6.45) is -3.40. The van der Waals surface area contributed by atoms with Gasteiger partial charge in [0.1, 0.15) is 54.9 Å². The Morgan fingerprint density at radius 1 is 0.667 bits per heavy atom. The zero-order chi connectivity index (χ0) is 66.5. The van der Waals surface area contributed by atoms with Crippen LogP contribution in [-0.4, -0.2) is 209 Å². The van der Waals surface area contributed by atoms with Crippen LogP contribution in [0.3, 0.4) is 0 Å². The smallest absolute Gasteiger partial charge is 0.407 e. The van der Waals surface area contributed by atoms with Gasteiger partial charge in [0.15, 0.2) is 5.96 Å². The van der Waals surface area contributed by atoms with E-state index in [0.29, 0.717) is 6.42 Å². The van der Waals surface area contributed by atoms with Crippen molar-refractivity contribution >= 4 is 77.2 Å². The molecule has 2 aliphatic heterocycles. The maximum absolute atomic E-state index is 14.3. The fourth-order valence-corrected chi connectivity index (χ4v) is 11.0. The van der Waals surface area contributed by atoms with Crippen molar-refractivity contribution in [1.82, 2.24) is 52.1 Å². The first kappa shape index (κ1) is 71.8. The van der Waals surface area contributed by atoms with E-state index in [1.54, 1.807) is 27.7 Å². The first-order valence-corrected chi connectivity index (χ1v) is 30.2. The number of alkyl carbamates (subject to hydrolysis) is 1. The number of fused-ring (bicyclic) bond motifs is 3. The van der Waals surface area contributed by atoms with Gasteiger partial charge in [-0.2, -0.15) is 0 Å². The fraction of sp³-hybridized carbons (Fsp3) is 0.583. The number of amides is 10. The Kier molecular flexibility index (Phi) is 27.3. The second kappa shape index (κ2) is 34.2. The van der Waals surface area contributed by atoms with Crippen LogP contribution in [0, 0.1) is 11.8 Å². The lowest BCUT2D eigenvalue weighted by Gasteiger charge is -2.33. The minimum atomic E-state index is -1.60. The Labute approximate surface area is 521 Å². The van der Waals surface area contributed by atoms with Crippen molar-refractivity contribution in [3.05, 3.63) is 59.7 Å². The summed E-state index contributed by atoms with van der Waals surface area (Å²) in [5.74, 6) is -11.7. The Morgan fingerprint density at radius 3 is 1.71 bits per heavy atom. The molecule has 5 rings (SSSR count). The van der Waals surface area contributed by atoms with Crippen LogP contribution < -0.4 is 48.7 Å². The van der Waals surface area contributed by atoms with E-state index >= 15 is 0 Å². The van der Waals surface area contributed by atoms with Gasteiger partial charge in [0, 0.05) is 45.4 Å². The third-order valence-electron chi connectivity index (χ3n) is 16.2. The summed E-state index contributed by atoms with van der Waals surface area (Å²) in [7, 11) is 2.67. The van der Waals surface area contributed by atoms with Crippen LogP contribution in [0.5, 0.6) is 0 Å². The Balaban J connectivity index is 1.24. The zero-order valence-electron chi connectivity index (χ0n) is 51.9. The summed E-state index contributed by atoms with van der Waals surface area (Å²) in [4.78, 5) is 173. The van der Waals surface area contributed by atoms with Crippen molar-refractivity contribution in [3.63, 3.8) is 0 Å². The molecular weight excluding hydrogens is 1170 g/mol.